The van der Waals surface area contributed by atoms with Crippen molar-refractivity contribution >= 4 is 17.5 Å². The van der Waals surface area contributed by atoms with Crippen molar-refractivity contribution < 1.29 is 9.59 Å². The maximum absolute atomic E-state index is 11.2. The summed E-state index contributed by atoms with van der Waals surface area (Å²) in [7, 11) is 0. The molecule has 3 N–H and O–H groups in total. The van der Waals surface area contributed by atoms with E-state index in [1.807, 2.05) is 0 Å². The molecular formula is C12H14N2O2. The first kappa shape index (κ1) is 12.0. The van der Waals surface area contributed by atoms with Crippen LogP contribution in [0.3, 0.4) is 0 Å². The number of benzene rings is 1. The van der Waals surface area contributed by atoms with Gasteiger partial charge in [0.1, 0.15) is 0 Å². The van der Waals surface area contributed by atoms with Crippen molar-refractivity contribution in [3.8, 4) is 0 Å². The summed E-state index contributed by atoms with van der Waals surface area (Å²) in [5.74, 6) is -0.546. The molecule has 0 aromatic heterocycles. The lowest BCUT2D eigenvalue weighted by Gasteiger charge is -2.03. The number of hydrogen-bond acceptors (Lipinski definition) is 2. The number of anilines is 1. The van der Waals surface area contributed by atoms with Crippen molar-refractivity contribution in [2.45, 2.75) is 13.3 Å². The van der Waals surface area contributed by atoms with Gasteiger partial charge in [0, 0.05) is 5.69 Å². The SMILES string of the molecule is C/C=C/C(=O)Nc1ccc(CC(N)=O)cc1. The second-order valence-corrected chi connectivity index (χ2v) is 3.33. The highest BCUT2D eigenvalue weighted by atomic mass is 16.1. The van der Waals surface area contributed by atoms with Crippen LogP contribution < -0.4 is 11.1 Å². The molecule has 1 aromatic carbocycles. The molecule has 0 saturated carbocycles. The summed E-state index contributed by atoms with van der Waals surface area (Å²) in [5, 5.41) is 2.68. The Morgan fingerprint density at radius 1 is 1.31 bits per heavy atom. The molecule has 4 nitrogen and oxygen atoms in total. The predicted molar refractivity (Wildman–Crippen MR) is 62.8 cm³/mol. The van der Waals surface area contributed by atoms with E-state index in [9.17, 15) is 9.59 Å². The van der Waals surface area contributed by atoms with Crippen LogP contribution >= 0.6 is 0 Å². The molecule has 0 fully saturated rings. The summed E-state index contributed by atoms with van der Waals surface area (Å²) in [6.45, 7) is 1.77. The summed E-state index contributed by atoms with van der Waals surface area (Å²) in [4.78, 5) is 21.9. The molecule has 0 heterocycles. The Hall–Kier alpha value is -2.10. The van der Waals surface area contributed by atoms with E-state index in [4.69, 9.17) is 5.73 Å². The van der Waals surface area contributed by atoms with Gasteiger partial charge in [-0.05, 0) is 30.7 Å². The second-order valence-electron chi connectivity index (χ2n) is 3.33. The minimum atomic E-state index is -0.370. The molecule has 0 atom stereocenters. The fourth-order valence-corrected chi connectivity index (χ4v) is 1.24. The van der Waals surface area contributed by atoms with Crippen LogP contribution in [-0.2, 0) is 16.0 Å². The maximum atomic E-state index is 11.2. The van der Waals surface area contributed by atoms with Gasteiger partial charge in [0.15, 0.2) is 0 Å². The molecule has 0 aliphatic carbocycles. The van der Waals surface area contributed by atoms with E-state index in [2.05, 4.69) is 5.32 Å². The van der Waals surface area contributed by atoms with Gasteiger partial charge in [0.25, 0.3) is 0 Å². The van der Waals surface area contributed by atoms with Gasteiger partial charge in [-0.3, -0.25) is 9.59 Å². The average Bonchev–Trinajstić information content (AvgIpc) is 2.20. The van der Waals surface area contributed by atoms with E-state index in [1.54, 1.807) is 37.3 Å². The van der Waals surface area contributed by atoms with Crippen molar-refractivity contribution in [1.29, 1.82) is 0 Å². The summed E-state index contributed by atoms with van der Waals surface area (Å²) in [5.41, 5.74) is 6.59. The van der Waals surface area contributed by atoms with Gasteiger partial charge in [0.05, 0.1) is 6.42 Å². The fraction of sp³-hybridized carbons (Fsp3) is 0.167. The molecule has 2 amide bonds. The zero-order valence-corrected chi connectivity index (χ0v) is 9.07. The quantitative estimate of drug-likeness (QED) is 0.746. The lowest BCUT2D eigenvalue weighted by Crippen LogP contribution is -2.13. The Morgan fingerprint density at radius 2 is 1.94 bits per heavy atom. The highest BCUT2D eigenvalue weighted by molar-refractivity contribution is 5.99. The van der Waals surface area contributed by atoms with E-state index in [-0.39, 0.29) is 18.2 Å². The molecule has 0 aliphatic heterocycles. The monoisotopic (exact) mass is 218 g/mol. The van der Waals surface area contributed by atoms with E-state index < -0.39 is 0 Å². The molecule has 1 rings (SSSR count). The van der Waals surface area contributed by atoms with Gasteiger partial charge >= 0.3 is 0 Å². The lowest BCUT2D eigenvalue weighted by molar-refractivity contribution is -0.117. The smallest absolute Gasteiger partial charge is 0.248 e. The first-order valence-corrected chi connectivity index (χ1v) is 4.92. The van der Waals surface area contributed by atoms with Gasteiger partial charge in [-0.1, -0.05) is 18.2 Å². The van der Waals surface area contributed by atoms with Crippen LogP contribution in [0.4, 0.5) is 5.69 Å². The van der Waals surface area contributed by atoms with Gasteiger partial charge < -0.3 is 11.1 Å². The highest BCUT2D eigenvalue weighted by Gasteiger charge is 2.00. The molecular weight excluding hydrogens is 204 g/mol. The standard InChI is InChI=1S/C12H14N2O2/c1-2-3-12(16)14-10-6-4-9(5-7-10)8-11(13)15/h2-7H,8H2,1H3,(H2,13,15)(H,14,16)/b3-2+. The molecule has 0 unspecified atom stereocenters. The highest BCUT2D eigenvalue weighted by Crippen LogP contribution is 2.09. The number of primary amides is 1. The average molecular weight is 218 g/mol. The van der Waals surface area contributed by atoms with E-state index in [0.717, 1.165) is 5.56 Å². The van der Waals surface area contributed by atoms with Crippen molar-refractivity contribution in [3.05, 3.63) is 42.0 Å². The fourth-order valence-electron chi connectivity index (χ4n) is 1.24. The zero-order chi connectivity index (χ0) is 12.0. The number of amides is 2. The second kappa shape index (κ2) is 5.70. The van der Waals surface area contributed by atoms with E-state index >= 15 is 0 Å². The number of hydrogen-bond donors (Lipinski definition) is 2. The van der Waals surface area contributed by atoms with Gasteiger partial charge in [-0.2, -0.15) is 0 Å². The van der Waals surface area contributed by atoms with Crippen molar-refractivity contribution in [3.63, 3.8) is 0 Å². The molecule has 4 heteroatoms. The van der Waals surface area contributed by atoms with Crippen LogP contribution in [0.2, 0.25) is 0 Å². The van der Waals surface area contributed by atoms with Crippen LogP contribution in [0.1, 0.15) is 12.5 Å². The Labute approximate surface area is 94.1 Å². The zero-order valence-electron chi connectivity index (χ0n) is 9.07. The summed E-state index contributed by atoms with van der Waals surface area (Å²) >= 11 is 0. The lowest BCUT2D eigenvalue weighted by atomic mass is 10.1. The molecule has 16 heavy (non-hydrogen) atoms. The molecule has 1 aromatic rings. The minimum absolute atomic E-state index is 0.176. The molecule has 0 bridgehead atoms. The summed E-state index contributed by atoms with van der Waals surface area (Å²) < 4.78 is 0. The van der Waals surface area contributed by atoms with E-state index in [1.165, 1.54) is 6.08 Å². The first-order chi connectivity index (χ1) is 7.61. The van der Waals surface area contributed by atoms with Crippen LogP contribution in [-0.4, -0.2) is 11.8 Å². The molecule has 0 saturated heterocycles. The number of nitrogens with one attached hydrogen (secondary N) is 1. The Balaban J connectivity index is 2.64. The third-order valence-electron chi connectivity index (χ3n) is 1.92. The van der Waals surface area contributed by atoms with Crippen LogP contribution in [0.25, 0.3) is 0 Å². The molecule has 0 aliphatic rings. The molecule has 0 spiro atoms. The summed E-state index contributed by atoms with van der Waals surface area (Å²) in [6, 6.07) is 6.99. The minimum Gasteiger partial charge on any atom is -0.369 e. The molecule has 0 radical (unpaired) electrons. The Morgan fingerprint density at radius 3 is 2.44 bits per heavy atom. The van der Waals surface area contributed by atoms with Gasteiger partial charge in [0.2, 0.25) is 11.8 Å². The number of rotatable bonds is 4. The van der Waals surface area contributed by atoms with Crippen molar-refractivity contribution in [1.82, 2.24) is 0 Å². The number of carbonyl (C=O) groups excluding carboxylic acids is 2. The van der Waals surface area contributed by atoms with E-state index in [0.29, 0.717) is 5.69 Å². The van der Waals surface area contributed by atoms with Crippen LogP contribution in [0.5, 0.6) is 0 Å². The van der Waals surface area contributed by atoms with Crippen molar-refractivity contribution in [2.75, 3.05) is 5.32 Å². The number of allylic oxidation sites excluding steroid dienone is 1. The third-order valence-corrected chi connectivity index (χ3v) is 1.92. The Bertz CT molecular complexity index is 408. The van der Waals surface area contributed by atoms with Crippen LogP contribution in [0.15, 0.2) is 36.4 Å². The largest absolute Gasteiger partial charge is 0.369 e. The van der Waals surface area contributed by atoms with Gasteiger partial charge in [-0.25, -0.2) is 0 Å². The topological polar surface area (TPSA) is 72.2 Å². The Kier molecular flexibility index (Phi) is 4.27. The third kappa shape index (κ3) is 3.96. The maximum Gasteiger partial charge on any atom is 0.248 e. The number of carbonyl (C=O) groups is 2. The summed E-state index contributed by atoms with van der Waals surface area (Å²) in [6.07, 6.45) is 3.32. The normalized spacial score (nSPS) is 10.3. The van der Waals surface area contributed by atoms with Gasteiger partial charge in [-0.15, -0.1) is 0 Å². The predicted octanol–water partition coefficient (Wildman–Crippen LogP) is 1.23. The van der Waals surface area contributed by atoms with Crippen LogP contribution in [0, 0.1) is 0 Å². The molecule has 84 valence electrons. The number of nitrogens with two attached hydrogens (primary N) is 1. The van der Waals surface area contributed by atoms with Crippen molar-refractivity contribution in [2.24, 2.45) is 5.73 Å². The first-order valence-electron chi connectivity index (χ1n) is 4.92.